The molecule has 3 aliphatic heterocycles. The lowest BCUT2D eigenvalue weighted by molar-refractivity contribution is -0.145. The first-order valence-electron chi connectivity index (χ1n) is 9.88. The van der Waals surface area contributed by atoms with E-state index in [0.717, 1.165) is 17.7 Å². The SMILES string of the molecule is CC[C@H](C)N1C(=O)[C@@H]2[C@H](CC(C)C)N[C@]3(C(=O)Nc4ccccc43)[C@@H]2C1=O. The summed E-state index contributed by atoms with van der Waals surface area (Å²) < 4.78 is 0. The second kappa shape index (κ2) is 6.16. The van der Waals surface area contributed by atoms with Gasteiger partial charge in [-0.05, 0) is 31.7 Å². The van der Waals surface area contributed by atoms with Crippen molar-refractivity contribution in [3.63, 3.8) is 0 Å². The van der Waals surface area contributed by atoms with Crippen LogP contribution >= 0.6 is 0 Å². The molecule has 2 N–H and O–H groups in total. The van der Waals surface area contributed by atoms with Crippen LogP contribution in [0.25, 0.3) is 0 Å². The van der Waals surface area contributed by atoms with E-state index in [1.165, 1.54) is 4.90 Å². The Hall–Kier alpha value is -2.21. The maximum atomic E-state index is 13.4. The summed E-state index contributed by atoms with van der Waals surface area (Å²) in [6, 6.07) is 7.12. The van der Waals surface area contributed by atoms with E-state index in [9.17, 15) is 14.4 Å². The number of hydrogen-bond donors (Lipinski definition) is 2. The highest BCUT2D eigenvalue weighted by atomic mass is 16.2. The largest absolute Gasteiger partial charge is 0.324 e. The van der Waals surface area contributed by atoms with Gasteiger partial charge in [-0.2, -0.15) is 0 Å². The van der Waals surface area contributed by atoms with Gasteiger partial charge >= 0.3 is 0 Å². The van der Waals surface area contributed by atoms with E-state index in [2.05, 4.69) is 24.5 Å². The molecule has 3 heterocycles. The zero-order chi connectivity index (χ0) is 19.5. The van der Waals surface area contributed by atoms with E-state index >= 15 is 0 Å². The van der Waals surface area contributed by atoms with Crippen molar-refractivity contribution in [1.29, 1.82) is 0 Å². The molecule has 0 aromatic heterocycles. The minimum absolute atomic E-state index is 0.133. The van der Waals surface area contributed by atoms with Gasteiger partial charge in [0.2, 0.25) is 17.7 Å². The second-order valence-corrected chi connectivity index (χ2v) is 8.50. The van der Waals surface area contributed by atoms with Crippen molar-refractivity contribution in [3.8, 4) is 0 Å². The van der Waals surface area contributed by atoms with Gasteiger partial charge in [-0.25, -0.2) is 0 Å². The van der Waals surface area contributed by atoms with Crippen LogP contribution in [0.15, 0.2) is 24.3 Å². The summed E-state index contributed by atoms with van der Waals surface area (Å²) >= 11 is 0. The van der Waals surface area contributed by atoms with Crippen LogP contribution in [0.5, 0.6) is 0 Å². The number of nitrogens with one attached hydrogen (secondary N) is 2. The molecule has 3 amide bonds. The molecular weight excluding hydrogens is 342 g/mol. The molecule has 1 spiro atoms. The van der Waals surface area contributed by atoms with E-state index < -0.39 is 17.4 Å². The van der Waals surface area contributed by atoms with E-state index in [1.807, 2.05) is 38.1 Å². The highest BCUT2D eigenvalue weighted by Crippen LogP contribution is 2.53. The number of imide groups is 1. The third-order valence-electron chi connectivity index (χ3n) is 6.41. The second-order valence-electron chi connectivity index (χ2n) is 8.50. The first-order valence-corrected chi connectivity index (χ1v) is 9.88. The van der Waals surface area contributed by atoms with Crippen molar-refractivity contribution < 1.29 is 14.4 Å². The molecule has 5 atom stereocenters. The van der Waals surface area contributed by atoms with Crippen LogP contribution in [0, 0.1) is 17.8 Å². The first-order chi connectivity index (χ1) is 12.8. The number of anilines is 1. The van der Waals surface area contributed by atoms with Crippen molar-refractivity contribution >= 4 is 23.4 Å². The molecule has 6 nitrogen and oxygen atoms in total. The number of fused-ring (bicyclic) bond motifs is 4. The van der Waals surface area contributed by atoms with Crippen LogP contribution in [0.2, 0.25) is 0 Å². The maximum absolute atomic E-state index is 13.4. The van der Waals surface area contributed by atoms with E-state index in [1.54, 1.807) is 0 Å². The third-order valence-corrected chi connectivity index (χ3v) is 6.41. The number of amides is 3. The molecule has 3 aliphatic rings. The minimum Gasteiger partial charge on any atom is -0.324 e. The number of nitrogens with zero attached hydrogens (tertiary/aromatic N) is 1. The minimum atomic E-state index is -1.16. The summed E-state index contributed by atoms with van der Waals surface area (Å²) in [4.78, 5) is 41.3. The molecule has 0 unspecified atom stereocenters. The molecule has 4 rings (SSSR count). The fourth-order valence-electron chi connectivity index (χ4n) is 5.11. The molecule has 0 radical (unpaired) electrons. The molecular formula is C21H27N3O3. The number of hydrogen-bond acceptors (Lipinski definition) is 4. The Bertz CT molecular complexity index is 821. The Morgan fingerprint density at radius 3 is 2.48 bits per heavy atom. The third kappa shape index (κ3) is 2.32. The molecule has 1 aromatic rings. The summed E-state index contributed by atoms with van der Waals surface area (Å²) in [5.74, 6) is -1.41. The van der Waals surface area contributed by atoms with Gasteiger partial charge in [0.25, 0.3) is 0 Å². The van der Waals surface area contributed by atoms with Crippen LogP contribution in [0.4, 0.5) is 5.69 Å². The molecule has 1 aromatic carbocycles. The highest BCUT2D eigenvalue weighted by Gasteiger charge is 2.70. The Balaban J connectivity index is 1.87. The van der Waals surface area contributed by atoms with Crippen LogP contribution in [0.1, 0.15) is 46.1 Å². The average Bonchev–Trinajstić information content (AvgIpc) is 3.19. The topological polar surface area (TPSA) is 78.5 Å². The average molecular weight is 369 g/mol. The van der Waals surface area contributed by atoms with Crippen LogP contribution in [-0.2, 0) is 19.9 Å². The van der Waals surface area contributed by atoms with Crippen LogP contribution in [-0.4, -0.2) is 34.7 Å². The summed E-state index contributed by atoms with van der Waals surface area (Å²) in [7, 11) is 0. The summed E-state index contributed by atoms with van der Waals surface area (Å²) in [5.41, 5.74) is 0.347. The molecule has 0 bridgehead atoms. The van der Waals surface area contributed by atoms with E-state index in [0.29, 0.717) is 12.3 Å². The molecule has 0 saturated carbocycles. The van der Waals surface area contributed by atoms with Gasteiger partial charge in [-0.1, -0.05) is 39.0 Å². The van der Waals surface area contributed by atoms with Gasteiger partial charge in [-0.15, -0.1) is 0 Å². The van der Waals surface area contributed by atoms with Gasteiger partial charge in [0, 0.05) is 23.3 Å². The lowest BCUT2D eigenvalue weighted by Crippen LogP contribution is -2.54. The number of carbonyl (C=O) groups excluding carboxylic acids is 3. The first kappa shape index (κ1) is 18.2. The van der Waals surface area contributed by atoms with Crippen LogP contribution in [0.3, 0.4) is 0 Å². The van der Waals surface area contributed by atoms with Crippen molar-refractivity contribution in [3.05, 3.63) is 29.8 Å². The van der Waals surface area contributed by atoms with Gasteiger partial charge in [0.1, 0.15) is 5.54 Å². The fourth-order valence-corrected chi connectivity index (χ4v) is 5.11. The number of carbonyl (C=O) groups is 3. The van der Waals surface area contributed by atoms with Crippen molar-refractivity contribution in [2.75, 3.05) is 5.32 Å². The molecule has 6 heteroatoms. The number of para-hydroxylation sites is 1. The number of likely N-dealkylation sites (tertiary alicyclic amines) is 1. The van der Waals surface area contributed by atoms with E-state index in [4.69, 9.17) is 0 Å². The van der Waals surface area contributed by atoms with Crippen LogP contribution < -0.4 is 10.6 Å². The van der Waals surface area contributed by atoms with Gasteiger partial charge in [0.15, 0.2) is 0 Å². The zero-order valence-corrected chi connectivity index (χ0v) is 16.3. The predicted molar refractivity (Wildman–Crippen MR) is 102 cm³/mol. The Kier molecular flexibility index (Phi) is 4.14. The Morgan fingerprint density at radius 2 is 1.81 bits per heavy atom. The Morgan fingerprint density at radius 1 is 1.11 bits per heavy atom. The zero-order valence-electron chi connectivity index (χ0n) is 16.3. The smallest absolute Gasteiger partial charge is 0.250 e. The summed E-state index contributed by atoms with van der Waals surface area (Å²) in [5, 5.41) is 6.39. The molecule has 27 heavy (non-hydrogen) atoms. The quantitative estimate of drug-likeness (QED) is 0.798. The van der Waals surface area contributed by atoms with E-state index in [-0.39, 0.29) is 29.8 Å². The van der Waals surface area contributed by atoms with Crippen molar-refractivity contribution in [2.24, 2.45) is 17.8 Å². The summed E-state index contributed by atoms with van der Waals surface area (Å²) in [6.45, 7) is 8.06. The lowest BCUT2D eigenvalue weighted by atomic mass is 9.76. The van der Waals surface area contributed by atoms with Crippen molar-refractivity contribution in [2.45, 2.75) is 58.2 Å². The molecule has 0 aliphatic carbocycles. The maximum Gasteiger partial charge on any atom is 0.250 e. The molecule has 2 saturated heterocycles. The predicted octanol–water partition coefficient (Wildman–Crippen LogP) is 2.25. The van der Waals surface area contributed by atoms with Gasteiger partial charge in [0.05, 0.1) is 11.8 Å². The van der Waals surface area contributed by atoms with Crippen molar-refractivity contribution in [1.82, 2.24) is 10.2 Å². The monoisotopic (exact) mass is 369 g/mol. The lowest BCUT2D eigenvalue weighted by Gasteiger charge is -2.31. The summed E-state index contributed by atoms with van der Waals surface area (Å²) in [6.07, 6.45) is 1.45. The Labute approximate surface area is 159 Å². The number of rotatable bonds is 4. The fraction of sp³-hybridized carbons (Fsp3) is 0.571. The highest BCUT2D eigenvalue weighted by molar-refractivity contribution is 6.15. The standard InChI is InChI=1S/C21H27N3O3/c1-5-12(4)24-18(25)16-15(10-11(2)3)23-21(17(16)19(24)26)13-8-6-7-9-14(13)22-20(21)27/h6-9,11-12,15-17,23H,5,10H2,1-4H3,(H,22,27)/t12-,15-,16+,17-,21-/m0/s1. The molecule has 144 valence electrons. The normalized spacial score (nSPS) is 33.0. The van der Waals surface area contributed by atoms with Gasteiger partial charge in [-0.3, -0.25) is 24.6 Å². The van der Waals surface area contributed by atoms with Gasteiger partial charge < -0.3 is 5.32 Å². The molecule has 2 fully saturated rings. The number of benzene rings is 1.